The van der Waals surface area contributed by atoms with Crippen LogP contribution in [0.15, 0.2) is 60.7 Å². The Morgan fingerprint density at radius 3 is 1.71 bits per heavy atom. The fourth-order valence-corrected chi connectivity index (χ4v) is 17.6. The Bertz CT molecular complexity index is 1250. The van der Waals surface area contributed by atoms with Crippen molar-refractivity contribution < 1.29 is 18.1 Å². The standard InChI is InChI=1S/C35H54O4P2S4/c1-7-30(32-16-12-9-13-17-32)20-22-33(45-41(43)38-26-35(5,6)27-39-41)23-21-31(19-18-29-14-10-8-11-15-29)28(2)44-40(42)36-24-34(3,4)25-37-40/h8-17,28,30-31,33H,7,18-27H2,1-6H3. The molecule has 252 valence electrons. The summed E-state index contributed by atoms with van der Waals surface area (Å²) in [6, 6.07) is 21.8. The Kier molecular flexibility index (Phi) is 14.6. The van der Waals surface area contributed by atoms with Crippen LogP contribution in [-0.2, 0) is 48.1 Å². The first kappa shape index (κ1) is 38.1. The van der Waals surface area contributed by atoms with E-state index < -0.39 is 11.4 Å². The summed E-state index contributed by atoms with van der Waals surface area (Å²) in [5, 5.41) is 0.704. The molecule has 0 spiro atoms. The summed E-state index contributed by atoms with van der Waals surface area (Å²) in [7, 11) is 0. The Hall–Kier alpha value is 0.280. The second kappa shape index (κ2) is 17.3. The lowest BCUT2D eigenvalue weighted by Crippen LogP contribution is -2.29. The predicted molar refractivity (Wildman–Crippen MR) is 205 cm³/mol. The molecule has 2 aromatic carbocycles. The molecule has 0 bridgehead atoms. The molecule has 4 atom stereocenters. The van der Waals surface area contributed by atoms with Crippen molar-refractivity contribution in [2.45, 2.75) is 103 Å². The van der Waals surface area contributed by atoms with Crippen molar-refractivity contribution in [3.63, 3.8) is 0 Å². The van der Waals surface area contributed by atoms with Crippen LogP contribution in [0.2, 0.25) is 0 Å². The summed E-state index contributed by atoms with van der Waals surface area (Å²) in [6.45, 7) is 16.0. The maximum absolute atomic E-state index is 6.34. The lowest BCUT2D eigenvalue weighted by atomic mass is 9.88. The van der Waals surface area contributed by atoms with E-state index in [0.717, 1.165) is 44.9 Å². The molecule has 4 unspecified atom stereocenters. The average molecular weight is 729 g/mol. The molecule has 4 rings (SSSR count). The van der Waals surface area contributed by atoms with E-state index in [9.17, 15) is 0 Å². The first-order valence-electron chi connectivity index (χ1n) is 16.5. The van der Waals surface area contributed by atoms with Gasteiger partial charge in [0.15, 0.2) is 0 Å². The molecule has 0 aromatic heterocycles. The third kappa shape index (κ3) is 12.6. The topological polar surface area (TPSA) is 36.9 Å². The first-order valence-corrected chi connectivity index (χ1v) is 24.8. The van der Waals surface area contributed by atoms with Crippen LogP contribution >= 0.6 is 34.2 Å². The van der Waals surface area contributed by atoms with Gasteiger partial charge in [-0.25, -0.2) is 0 Å². The SMILES string of the molecule is CCC(CCC(CCC(CCc1ccccc1)C(C)SP1(=S)OCC(C)(C)CO1)SP1(=S)OCC(C)(C)CO1)c1ccccc1. The van der Waals surface area contributed by atoms with E-state index in [4.69, 9.17) is 41.7 Å². The zero-order valence-corrected chi connectivity index (χ0v) is 33.1. The van der Waals surface area contributed by atoms with Crippen molar-refractivity contribution >= 4 is 57.8 Å². The molecule has 2 aliphatic rings. The number of benzene rings is 2. The third-order valence-electron chi connectivity index (χ3n) is 8.80. The molecule has 2 saturated heterocycles. The van der Waals surface area contributed by atoms with Gasteiger partial charge in [-0.2, -0.15) is 0 Å². The van der Waals surface area contributed by atoms with Crippen LogP contribution in [0.5, 0.6) is 0 Å². The Balaban J connectivity index is 1.47. The molecular weight excluding hydrogens is 675 g/mol. The summed E-state index contributed by atoms with van der Waals surface area (Å²) in [5.41, 5.74) is -1.92. The van der Waals surface area contributed by atoms with Gasteiger partial charge in [-0.3, -0.25) is 0 Å². The summed E-state index contributed by atoms with van der Waals surface area (Å²) in [5.74, 6) is 1.02. The summed E-state index contributed by atoms with van der Waals surface area (Å²) in [4.78, 5) is 0. The lowest BCUT2D eigenvalue weighted by molar-refractivity contribution is 0.0671. The largest absolute Gasteiger partial charge is 0.321 e. The molecule has 2 fully saturated rings. The smallest absolute Gasteiger partial charge is 0.247 e. The highest BCUT2D eigenvalue weighted by molar-refractivity contribution is 8.68. The molecule has 0 saturated carbocycles. The van der Waals surface area contributed by atoms with E-state index in [1.807, 2.05) is 11.4 Å². The van der Waals surface area contributed by atoms with Crippen LogP contribution in [-0.4, -0.2) is 36.9 Å². The van der Waals surface area contributed by atoms with Gasteiger partial charge in [0.2, 0.25) is 11.4 Å². The molecule has 0 N–H and O–H groups in total. The minimum atomic E-state index is -2.40. The van der Waals surface area contributed by atoms with Crippen LogP contribution in [0.3, 0.4) is 0 Å². The van der Waals surface area contributed by atoms with E-state index >= 15 is 0 Å². The highest BCUT2D eigenvalue weighted by Gasteiger charge is 2.38. The maximum Gasteiger partial charge on any atom is 0.247 e. The van der Waals surface area contributed by atoms with Crippen molar-refractivity contribution in [3.05, 3.63) is 71.8 Å². The molecular formula is C35H54O4P2S4. The van der Waals surface area contributed by atoms with Gasteiger partial charge in [0, 0.05) is 21.3 Å². The zero-order chi connectivity index (χ0) is 32.6. The minimum absolute atomic E-state index is 0.00985. The number of hydrogen-bond acceptors (Lipinski definition) is 8. The highest BCUT2D eigenvalue weighted by Crippen LogP contribution is 2.68. The van der Waals surface area contributed by atoms with Crippen molar-refractivity contribution in [2.75, 3.05) is 26.4 Å². The van der Waals surface area contributed by atoms with Gasteiger partial charge in [-0.15, -0.1) is 0 Å². The number of rotatable bonds is 16. The molecule has 0 aliphatic carbocycles. The summed E-state index contributed by atoms with van der Waals surface area (Å²) >= 11 is 15.7. The fraction of sp³-hybridized carbons (Fsp3) is 0.657. The van der Waals surface area contributed by atoms with Gasteiger partial charge in [-0.05, 0) is 91.5 Å². The summed E-state index contributed by atoms with van der Waals surface area (Å²) < 4.78 is 25.2. The van der Waals surface area contributed by atoms with Gasteiger partial charge in [0.25, 0.3) is 0 Å². The molecule has 45 heavy (non-hydrogen) atoms. The highest BCUT2D eigenvalue weighted by atomic mass is 32.9. The zero-order valence-electron chi connectivity index (χ0n) is 28.0. The number of aryl methyl sites for hydroxylation is 1. The van der Waals surface area contributed by atoms with E-state index in [2.05, 4.69) is 102 Å². The van der Waals surface area contributed by atoms with Crippen LogP contribution in [0.4, 0.5) is 0 Å². The van der Waals surface area contributed by atoms with E-state index in [1.54, 1.807) is 11.4 Å². The van der Waals surface area contributed by atoms with Crippen LogP contribution < -0.4 is 0 Å². The van der Waals surface area contributed by atoms with Crippen molar-refractivity contribution in [1.29, 1.82) is 0 Å². The first-order chi connectivity index (χ1) is 21.3. The Morgan fingerprint density at radius 1 is 0.689 bits per heavy atom. The molecule has 10 heteroatoms. The molecule has 2 heterocycles. The van der Waals surface area contributed by atoms with Gasteiger partial charge in [-0.1, -0.05) is 125 Å². The summed E-state index contributed by atoms with van der Waals surface area (Å²) in [6.07, 6.45) is 7.69. The lowest BCUT2D eigenvalue weighted by Gasteiger charge is -2.38. The number of hydrogen-bond donors (Lipinski definition) is 0. The third-order valence-corrected chi connectivity index (χ3v) is 20.1. The van der Waals surface area contributed by atoms with E-state index in [-0.39, 0.29) is 10.8 Å². The predicted octanol–water partition coefficient (Wildman–Crippen LogP) is 11.8. The van der Waals surface area contributed by atoms with Crippen LogP contribution in [0.25, 0.3) is 0 Å². The molecule has 2 aromatic rings. The quantitative estimate of drug-likeness (QED) is 0.158. The molecule has 0 amide bonds. The Morgan fingerprint density at radius 2 is 1.18 bits per heavy atom. The second-order valence-electron chi connectivity index (χ2n) is 14.3. The second-order valence-corrected chi connectivity index (χ2v) is 27.4. The Labute approximate surface area is 292 Å². The normalized spacial score (nSPS) is 23.1. The van der Waals surface area contributed by atoms with Crippen molar-refractivity contribution in [2.24, 2.45) is 16.7 Å². The van der Waals surface area contributed by atoms with Crippen molar-refractivity contribution in [1.82, 2.24) is 0 Å². The van der Waals surface area contributed by atoms with Gasteiger partial charge in [0.05, 0.1) is 26.4 Å². The van der Waals surface area contributed by atoms with Crippen LogP contribution in [0.1, 0.15) is 97.1 Å². The molecule has 0 radical (unpaired) electrons. The fourth-order valence-electron chi connectivity index (χ4n) is 5.75. The van der Waals surface area contributed by atoms with Gasteiger partial charge in [0.1, 0.15) is 0 Å². The molecule has 2 aliphatic heterocycles. The van der Waals surface area contributed by atoms with Gasteiger partial charge >= 0.3 is 0 Å². The van der Waals surface area contributed by atoms with Gasteiger partial charge < -0.3 is 18.1 Å². The van der Waals surface area contributed by atoms with Crippen molar-refractivity contribution in [3.8, 4) is 0 Å². The van der Waals surface area contributed by atoms with E-state index in [1.165, 1.54) is 11.1 Å². The van der Waals surface area contributed by atoms with E-state index in [0.29, 0.717) is 48.8 Å². The molecule has 4 nitrogen and oxygen atoms in total. The minimum Gasteiger partial charge on any atom is -0.321 e. The average Bonchev–Trinajstić information content (AvgIpc) is 3.02. The monoisotopic (exact) mass is 728 g/mol. The van der Waals surface area contributed by atoms with Crippen LogP contribution in [0, 0.1) is 16.7 Å². The maximum atomic E-state index is 6.34.